The van der Waals surface area contributed by atoms with E-state index in [1.54, 1.807) is 50.4 Å². The van der Waals surface area contributed by atoms with Crippen LogP contribution in [-0.2, 0) is 19.8 Å². The van der Waals surface area contributed by atoms with Crippen LogP contribution in [0.5, 0.6) is 5.75 Å². The molecule has 1 aliphatic rings. The van der Waals surface area contributed by atoms with Crippen LogP contribution in [0.4, 0.5) is 4.39 Å². The molecule has 0 saturated carbocycles. The van der Waals surface area contributed by atoms with Crippen molar-refractivity contribution < 1.29 is 28.3 Å². The van der Waals surface area contributed by atoms with Crippen LogP contribution in [0.2, 0.25) is 0 Å². The highest BCUT2D eigenvalue weighted by molar-refractivity contribution is 6.01. The van der Waals surface area contributed by atoms with Crippen molar-refractivity contribution >= 4 is 23.6 Å². The Kier molecular flexibility index (Phi) is 8.86. The molecule has 2 atom stereocenters. The number of benzene rings is 2. The van der Waals surface area contributed by atoms with Gasteiger partial charge >= 0.3 is 0 Å². The Balaban J connectivity index is 1.82. The summed E-state index contributed by atoms with van der Waals surface area (Å²) >= 11 is 0. The Hall–Kier alpha value is -3.95. The fourth-order valence-corrected chi connectivity index (χ4v) is 3.94. The van der Waals surface area contributed by atoms with E-state index in [2.05, 4.69) is 16.0 Å². The van der Waals surface area contributed by atoms with Gasteiger partial charge in [-0.15, -0.1) is 0 Å². The Morgan fingerprint density at radius 3 is 2.49 bits per heavy atom. The van der Waals surface area contributed by atoms with Gasteiger partial charge in [0, 0.05) is 19.0 Å². The first-order valence-corrected chi connectivity index (χ1v) is 12.1. The van der Waals surface area contributed by atoms with Crippen LogP contribution in [0.15, 0.2) is 48.5 Å². The number of hydrogen-bond donors (Lipinski definition) is 3. The lowest BCUT2D eigenvalue weighted by molar-refractivity contribution is -0.135. The van der Waals surface area contributed by atoms with Gasteiger partial charge in [-0.05, 0) is 36.8 Å². The van der Waals surface area contributed by atoms with Crippen LogP contribution in [-0.4, -0.2) is 67.4 Å². The molecule has 2 aromatic carbocycles. The maximum absolute atomic E-state index is 13.3. The molecule has 0 aromatic heterocycles. The molecule has 0 fully saturated rings. The van der Waals surface area contributed by atoms with Crippen LogP contribution >= 0.6 is 0 Å². The largest absolute Gasteiger partial charge is 0.491 e. The smallest absolute Gasteiger partial charge is 0.255 e. The number of nitrogens with zero attached hydrogens (tertiary/aromatic N) is 1. The second-order valence-corrected chi connectivity index (χ2v) is 9.73. The van der Waals surface area contributed by atoms with Gasteiger partial charge in [-0.3, -0.25) is 19.2 Å². The van der Waals surface area contributed by atoms with Crippen molar-refractivity contribution in [3.05, 3.63) is 65.5 Å². The molecule has 10 heteroatoms. The number of nitrogens with one attached hydrogen (secondary N) is 3. The lowest BCUT2D eigenvalue weighted by Gasteiger charge is -2.28. The van der Waals surface area contributed by atoms with Crippen LogP contribution in [0.3, 0.4) is 0 Å². The van der Waals surface area contributed by atoms with E-state index in [4.69, 9.17) is 4.74 Å². The molecule has 37 heavy (non-hydrogen) atoms. The van der Waals surface area contributed by atoms with E-state index in [1.165, 1.54) is 17.0 Å². The van der Waals surface area contributed by atoms with Crippen LogP contribution in [0.25, 0.3) is 0 Å². The first kappa shape index (κ1) is 27.6. The molecule has 1 heterocycles. The highest BCUT2D eigenvalue weighted by atomic mass is 19.1. The monoisotopic (exact) mass is 512 g/mol. The number of fused-ring (bicyclic) bond motifs is 1. The molecule has 0 bridgehead atoms. The number of hydrogen-bond acceptors (Lipinski definition) is 5. The third kappa shape index (κ3) is 7.28. The highest BCUT2D eigenvalue weighted by Gasteiger charge is 2.30. The van der Waals surface area contributed by atoms with E-state index < -0.39 is 35.2 Å². The van der Waals surface area contributed by atoms with Gasteiger partial charge in [-0.1, -0.05) is 38.1 Å². The molecule has 0 spiro atoms. The van der Waals surface area contributed by atoms with Crippen molar-refractivity contribution in [1.29, 1.82) is 0 Å². The SMILES string of the molecule is C[C@@H]1NC(=O)C[C@@H](C(=O)NCC(C)(C)c2ccc(F)cc2)NC(=O)c2ccccc2OCCN(C)C1=O. The predicted molar refractivity (Wildman–Crippen MR) is 135 cm³/mol. The third-order valence-corrected chi connectivity index (χ3v) is 6.28. The normalized spacial score (nSPS) is 19.6. The number of amides is 4. The van der Waals surface area contributed by atoms with Gasteiger partial charge in [0.1, 0.15) is 30.3 Å². The van der Waals surface area contributed by atoms with Crippen molar-refractivity contribution in [2.45, 2.75) is 44.7 Å². The van der Waals surface area contributed by atoms with E-state index in [0.717, 1.165) is 5.56 Å². The van der Waals surface area contributed by atoms with Gasteiger partial charge in [0.2, 0.25) is 17.7 Å². The number of halogens is 1. The molecule has 0 radical (unpaired) electrons. The van der Waals surface area contributed by atoms with Crippen molar-refractivity contribution in [1.82, 2.24) is 20.9 Å². The predicted octanol–water partition coefficient (Wildman–Crippen LogP) is 1.76. The molecule has 9 nitrogen and oxygen atoms in total. The minimum Gasteiger partial charge on any atom is -0.491 e. The van der Waals surface area contributed by atoms with Crippen molar-refractivity contribution in [2.75, 3.05) is 26.7 Å². The van der Waals surface area contributed by atoms with Crippen LogP contribution < -0.4 is 20.7 Å². The first-order chi connectivity index (χ1) is 17.5. The summed E-state index contributed by atoms with van der Waals surface area (Å²) in [7, 11) is 1.60. The van der Waals surface area contributed by atoms with Crippen molar-refractivity contribution in [3.63, 3.8) is 0 Å². The minimum absolute atomic E-state index is 0.135. The molecule has 4 amide bonds. The van der Waals surface area contributed by atoms with E-state index in [1.807, 2.05) is 13.8 Å². The Morgan fingerprint density at radius 1 is 1.11 bits per heavy atom. The summed E-state index contributed by atoms with van der Waals surface area (Å²) in [5.74, 6) is -2.08. The molecule has 2 aromatic rings. The Bertz CT molecular complexity index is 1150. The van der Waals surface area contributed by atoms with Crippen LogP contribution in [0, 0.1) is 5.82 Å². The Labute approximate surface area is 215 Å². The van der Waals surface area contributed by atoms with Gasteiger partial charge in [0.25, 0.3) is 5.91 Å². The van der Waals surface area contributed by atoms with E-state index >= 15 is 0 Å². The second-order valence-electron chi connectivity index (χ2n) is 9.73. The van der Waals surface area contributed by atoms with E-state index in [9.17, 15) is 23.6 Å². The van der Waals surface area contributed by atoms with Crippen LogP contribution in [0.1, 0.15) is 43.1 Å². The summed E-state index contributed by atoms with van der Waals surface area (Å²) < 4.78 is 19.1. The molecule has 0 saturated heterocycles. The zero-order chi connectivity index (χ0) is 27.2. The zero-order valence-corrected chi connectivity index (χ0v) is 21.5. The number of carbonyl (C=O) groups is 4. The average molecular weight is 513 g/mol. The number of likely N-dealkylation sites (N-methyl/N-ethyl adjacent to an activating group) is 1. The summed E-state index contributed by atoms with van der Waals surface area (Å²) in [5, 5.41) is 8.04. The third-order valence-electron chi connectivity index (χ3n) is 6.28. The molecule has 3 N–H and O–H groups in total. The molecular weight excluding hydrogens is 479 g/mol. The number of rotatable bonds is 4. The maximum Gasteiger partial charge on any atom is 0.255 e. The summed E-state index contributed by atoms with van der Waals surface area (Å²) in [6.45, 7) is 5.88. The minimum atomic E-state index is -1.22. The number of ether oxygens (including phenoxy) is 1. The summed E-state index contributed by atoms with van der Waals surface area (Å²) in [6.07, 6.45) is -0.376. The van der Waals surface area contributed by atoms with Gasteiger partial charge in [0.15, 0.2) is 0 Å². The van der Waals surface area contributed by atoms with Gasteiger partial charge in [-0.2, -0.15) is 0 Å². The zero-order valence-electron chi connectivity index (χ0n) is 21.5. The lowest BCUT2D eigenvalue weighted by atomic mass is 9.84. The van der Waals surface area contributed by atoms with Crippen molar-refractivity contribution in [2.24, 2.45) is 0 Å². The molecule has 1 aliphatic heterocycles. The van der Waals surface area contributed by atoms with Gasteiger partial charge in [-0.25, -0.2) is 4.39 Å². The fourth-order valence-electron chi connectivity index (χ4n) is 3.94. The fraction of sp³-hybridized carbons (Fsp3) is 0.407. The Morgan fingerprint density at radius 2 is 1.78 bits per heavy atom. The number of carbonyl (C=O) groups excluding carboxylic acids is 4. The quantitative estimate of drug-likeness (QED) is 0.577. The molecule has 0 aliphatic carbocycles. The summed E-state index contributed by atoms with van der Waals surface area (Å²) in [4.78, 5) is 53.1. The lowest BCUT2D eigenvalue weighted by Crippen LogP contribution is -2.53. The summed E-state index contributed by atoms with van der Waals surface area (Å²) in [5.41, 5.74) is 0.458. The number of para-hydroxylation sites is 1. The van der Waals surface area contributed by atoms with E-state index in [-0.39, 0.29) is 43.4 Å². The second kappa shape index (κ2) is 11.9. The van der Waals surface area contributed by atoms with Gasteiger partial charge in [0.05, 0.1) is 18.5 Å². The topological polar surface area (TPSA) is 117 Å². The molecule has 0 unspecified atom stereocenters. The van der Waals surface area contributed by atoms with E-state index in [0.29, 0.717) is 5.75 Å². The standard InChI is InChI=1S/C27H33FN4O5/c1-17-26(36)32(4)13-14-37-22-8-6-5-7-20(22)24(34)31-21(15-23(33)30-17)25(35)29-16-27(2,3)18-9-11-19(28)12-10-18/h5-12,17,21H,13-16H2,1-4H3,(H,29,35)(H,30,33)(H,31,34)/t17-,21-/m0/s1. The molecule has 3 rings (SSSR count). The first-order valence-electron chi connectivity index (χ1n) is 12.1. The average Bonchev–Trinajstić information content (AvgIpc) is 2.86. The molecular formula is C27H33FN4O5. The maximum atomic E-state index is 13.3. The highest BCUT2D eigenvalue weighted by Crippen LogP contribution is 2.23. The summed E-state index contributed by atoms with van der Waals surface area (Å²) in [6, 6.07) is 10.5. The molecule has 198 valence electrons. The van der Waals surface area contributed by atoms with Crippen molar-refractivity contribution in [3.8, 4) is 5.75 Å². The van der Waals surface area contributed by atoms with Gasteiger partial charge < -0.3 is 25.6 Å².